The van der Waals surface area contributed by atoms with Gasteiger partial charge in [0.25, 0.3) is 0 Å². The third-order valence-corrected chi connectivity index (χ3v) is 11.5. The lowest BCUT2D eigenvalue weighted by Gasteiger charge is -2.13. The Morgan fingerprint density at radius 3 is 1.41 bits per heavy atom. The van der Waals surface area contributed by atoms with Crippen LogP contribution in [0.5, 0.6) is 0 Å². The highest BCUT2D eigenvalue weighted by Gasteiger charge is 2.27. The Bertz CT molecular complexity index is 3500. The maximum atomic E-state index is 5.55. The maximum absolute atomic E-state index is 5.55. The first kappa shape index (κ1) is 34.6. The van der Waals surface area contributed by atoms with Crippen LogP contribution in [-0.4, -0.2) is 33.6 Å². The molecule has 0 saturated heterocycles. The summed E-state index contributed by atoms with van der Waals surface area (Å²) in [7, 11) is 0. The molecule has 0 spiro atoms. The predicted octanol–water partition coefficient (Wildman–Crippen LogP) is 12.9. The van der Waals surface area contributed by atoms with Gasteiger partial charge in [-0.25, -0.2) is 19.9 Å². The summed E-state index contributed by atoms with van der Waals surface area (Å²) in [5.41, 5.74) is 12.0. The second kappa shape index (κ2) is 14.1. The molecule has 4 heterocycles. The molecule has 0 N–H and O–H groups in total. The first-order chi connectivity index (χ1) is 30.3. The van der Waals surface area contributed by atoms with Crippen molar-refractivity contribution in [2.75, 3.05) is 0 Å². The molecule has 61 heavy (non-hydrogen) atoms. The predicted molar refractivity (Wildman–Crippen MR) is 247 cm³/mol. The fraction of sp³-hybridized carbons (Fsp3) is 0. The molecule has 8 aromatic carbocycles. The monoisotopic (exact) mass is 781 g/mol. The van der Waals surface area contributed by atoms with Crippen LogP contribution in [0.15, 0.2) is 212 Å². The van der Waals surface area contributed by atoms with Crippen molar-refractivity contribution in [1.82, 2.24) is 33.6 Å². The van der Waals surface area contributed by atoms with Crippen molar-refractivity contribution in [3.8, 4) is 62.6 Å². The Morgan fingerprint density at radius 2 is 0.787 bits per heavy atom. The zero-order valence-corrected chi connectivity index (χ0v) is 32.8. The Kier molecular flexibility index (Phi) is 8.03. The lowest BCUT2D eigenvalue weighted by Crippen LogP contribution is -2.01. The number of hydrogen-bond donors (Lipinski definition) is 0. The largest absolute Gasteiger partial charge is 0.308 e. The number of aromatic nitrogens is 7. The quantitative estimate of drug-likeness (QED) is 0.161. The average Bonchev–Trinajstić information content (AvgIpc) is 4.00. The van der Waals surface area contributed by atoms with Crippen molar-refractivity contribution >= 4 is 43.9 Å². The highest BCUT2D eigenvalue weighted by Crippen LogP contribution is 2.44. The molecule has 0 radical (unpaired) electrons. The van der Waals surface area contributed by atoms with Crippen LogP contribution in [0.2, 0.25) is 0 Å². The lowest BCUT2D eigenvalue weighted by molar-refractivity contribution is 1.07. The minimum absolute atomic E-state index is 0.604. The third-order valence-electron chi connectivity index (χ3n) is 11.5. The summed E-state index contributed by atoms with van der Waals surface area (Å²) in [6, 6.07) is 73.7. The van der Waals surface area contributed by atoms with E-state index < -0.39 is 0 Å². The van der Waals surface area contributed by atoms with Crippen LogP contribution in [0.4, 0.5) is 0 Å². The molecule has 0 atom stereocenters. The van der Waals surface area contributed by atoms with Gasteiger partial charge in [0.15, 0.2) is 23.1 Å². The SMILES string of the molecule is c1ccc(-c2nc(-c3ccccc3)nc(-c3cccc(-n4c5ccccc5c5ccc6c(c7c(nc(-c8ccccc8)n7-c7ccccc7)n6-c6ccccc6)c54)c3)n2)cc1. The highest BCUT2D eigenvalue weighted by molar-refractivity contribution is 6.25. The van der Waals surface area contributed by atoms with Gasteiger partial charge in [-0.15, -0.1) is 0 Å². The summed E-state index contributed by atoms with van der Waals surface area (Å²) in [6.07, 6.45) is 0. The number of rotatable bonds is 7. The van der Waals surface area contributed by atoms with Crippen molar-refractivity contribution in [3.05, 3.63) is 212 Å². The summed E-state index contributed by atoms with van der Waals surface area (Å²) in [5, 5.41) is 3.42. The van der Waals surface area contributed by atoms with E-state index in [0.29, 0.717) is 17.5 Å². The molecule has 7 heteroatoms. The number of hydrogen-bond acceptors (Lipinski definition) is 4. The van der Waals surface area contributed by atoms with Crippen LogP contribution in [0.1, 0.15) is 0 Å². The van der Waals surface area contributed by atoms with Crippen LogP contribution in [0, 0.1) is 0 Å². The molecule has 0 aliphatic carbocycles. The zero-order chi connectivity index (χ0) is 40.3. The first-order valence-corrected chi connectivity index (χ1v) is 20.4. The summed E-state index contributed by atoms with van der Waals surface area (Å²) in [6.45, 7) is 0. The fourth-order valence-electron chi connectivity index (χ4n) is 8.81. The minimum atomic E-state index is 0.604. The van der Waals surface area contributed by atoms with Gasteiger partial charge in [0.2, 0.25) is 0 Å². The molecule has 0 aliphatic rings. The summed E-state index contributed by atoms with van der Waals surface area (Å²) < 4.78 is 7.06. The number of benzene rings is 8. The van der Waals surface area contributed by atoms with E-state index in [9.17, 15) is 0 Å². The van der Waals surface area contributed by atoms with Crippen LogP contribution < -0.4 is 0 Å². The Balaban J connectivity index is 1.19. The van der Waals surface area contributed by atoms with Crippen molar-refractivity contribution in [2.45, 2.75) is 0 Å². The van der Waals surface area contributed by atoms with E-state index in [0.717, 1.165) is 89.0 Å². The smallest absolute Gasteiger partial charge is 0.165 e. The Labute approximate surface area is 351 Å². The van der Waals surface area contributed by atoms with Gasteiger partial charge in [0, 0.05) is 50.1 Å². The van der Waals surface area contributed by atoms with E-state index in [-0.39, 0.29) is 0 Å². The second-order valence-electron chi connectivity index (χ2n) is 15.1. The number of para-hydroxylation sites is 3. The highest BCUT2D eigenvalue weighted by atomic mass is 15.2. The van der Waals surface area contributed by atoms with E-state index in [4.69, 9.17) is 19.9 Å². The summed E-state index contributed by atoms with van der Waals surface area (Å²) in [4.78, 5) is 20.7. The van der Waals surface area contributed by atoms with Crippen LogP contribution in [0.25, 0.3) is 106 Å². The average molecular weight is 782 g/mol. The molecule has 0 saturated carbocycles. The summed E-state index contributed by atoms with van der Waals surface area (Å²) in [5.74, 6) is 2.74. The molecule has 0 aliphatic heterocycles. The fourth-order valence-corrected chi connectivity index (χ4v) is 8.81. The normalized spacial score (nSPS) is 11.6. The number of imidazole rings is 1. The molecule has 4 aromatic heterocycles. The van der Waals surface area contributed by atoms with Crippen LogP contribution in [-0.2, 0) is 0 Å². The van der Waals surface area contributed by atoms with Gasteiger partial charge in [-0.2, -0.15) is 0 Å². The van der Waals surface area contributed by atoms with E-state index in [1.165, 1.54) is 0 Å². The molecule has 0 fully saturated rings. The Morgan fingerprint density at radius 1 is 0.295 bits per heavy atom. The molecule has 12 rings (SSSR count). The second-order valence-corrected chi connectivity index (χ2v) is 15.1. The van der Waals surface area contributed by atoms with Crippen molar-refractivity contribution in [3.63, 3.8) is 0 Å². The zero-order valence-electron chi connectivity index (χ0n) is 32.8. The topological polar surface area (TPSA) is 66.3 Å². The van der Waals surface area contributed by atoms with Gasteiger partial charge in [-0.05, 0) is 48.5 Å². The standard InChI is InChI=1S/C54H35N7/c1-6-19-36(20-7-1)50-55-51(37-21-8-2-9-22-37)57-52(56-50)39-25-18-30-42(35-39)59-45-32-17-16-31-43(45)44-33-34-46-47(48(44)59)49-54(60(46)40-26-12-4-13-27-40)58-53(38-23-10-3-11-24-38)61(49)41-28-14-5-15-29-41/h1-35H. The molecule has 12 aromatic rings. The van der Waals surface area contributed by atoms with E-state index in [1.807, 2.05) is 60.7 Å². The van der Waals surface area contributed by atoms with Crippen LogP contribution >= 0.6 is 0 Å². The van der Waals surface area contributed by atoms with Crippen molar-refractivity contribution in [1.29, 1.82) is 0 Å². The van der Waals surface area contributed by atoms with Crippen molar-refractivity contribution in [2.24, 2.45) is 0 Å². The van der Waals surface area contributed by atoms with Gasteiger partial charge in [0.1, 0.15) is 11.3 Å². The number of fused-ring (bicyclic) bond motifs is 7. The molecule has 0 unspecified atom stereocenters. The third kappa shape index (κ3) is 5.67. The minimum Gasteiger partial charge on any atom is -0.308 e. The molecule has 0 amide bonds. The van der Waals surface area contributed by atoms with E-state index in [1.54, 1.807) is 0 Å². The van der Waals surface area contributed by atoms with Crippen molar-refractivity contribution < 1.29 is 0 Å². The lowest BCUT2D eigenvalue weighted by atomic mass is 10.1. The maximum Gasteiger partial charge on any atom is 0.165 e. The van der Waals surface area contributed by atoms with E-state index >= 15 is 0 Å². The van der Waals surface area contributed by atoms with Gasteiger partial charge < -0.3 is 4.57 Å². The van der Waals surface area contributed by atoms with Crippen LogP contribution in [0.3, 0.4) is 0 Å². The molecule has 0 bridgehead atoms. The number of nitrogens with zero attached hydrogens (tertiary/aromatic N) is 7. The molecular weight excluding hydrogens is 747 g/mol. The summed E-state index contributed by atoms with van der Waals surface area (Å²) >= 11 is 0. The molecular formula is C54H35N7. The first-order valence-electron chi connectivity index (χ1n) is 20.4. The Hall–Kier alpha value is -8.42. The van der Waals surface area contributed by atoms with Gasteiger partial charge in [-0.1, -0.05) is 164 Å². The van der Waals surface area contributed by atoms with Gasteiger partial charge in [0.05, 0.1) is 21.9 Å². The molecule has 7 nitrogen and oxygen atoms in total. The van der Waals surface area contributed by atoms with Gasteiger partial charge >= 0.3 is 0 Å². The van der Waals surface area contributed by atoms with Gasteiger partial charge in [-0.3, -0.25) is 9.13 Å². The molecule has 286 valence electrons. The van der Waals surface area contributed by atoms with E-state index in [2.05, 4.69) is 165 Å².